The van der Waals surface area contributed by atoms with E-state index in [0.717, 1.165) is 32.1 Å². The molecule has 0 aliphatic rings. The summed E-state index contributed by atoms with van der Waals surface area (Å²) in [7, 11) is 1.65. The number of rotatable bonds is 10. The summed E-state index contributed by atoms with van der Waals surface area (Å²) in [6.07, 6.45) is 4.51. The first-order chi connectivity index (χ1) is 9.02. The van der Waals surface area contributed by atoms with Crippen LogP contribution in [0.4, 0.5) is 4.79 Å². The van der Waals surface area contributed by atoms with Crippen LogP contribution in [0.25, 0.3) is 0 Å². The first-order valence-corrected chi connectivity index (χ1v) is 6.88. The second-order valence-electron chi connectivity index (χ2n) is 4.69. The number of aliphatic hydroxyl groups excluding tert-OH is 1. The van der Waals surface area contributed by atoms with Crippen molar-refractivity contribution in [1.82, 2.24) is 10.2 Å². The number of aliphatic carboxylic acids is 1. The molecule has 1 unspecified atom stereocenters. The van der Waals surface area contributed by atoms with Crippen molar-refractivity contribution in [2.75, 3.05) is 20.2 Å². The van der Waals surface area contributed by atoms with Crippen LogP contribution in [0, 0.1) is 0 Å². The average molecular weight is 274 g/mol. The number of urea groups is 1. The molecular weight excluding hydrogens is 248 g/mol. The lowest BCUT2D eigenvalue weighted by Crippen LogP contribution is -2.46. The molecule has 0 aliphatic heterocycles. The van der Waals surface area contributed by atoms with Crippen LogP contribution in [0.15, 0.2) is 0 Å². The summed E-state index contributed by atoms with van der Waals surface area (Å²) in [6, 6.07) is -1.17. The van der Waals surface area contributed by atoms with Gasteiger partial charge >= 0.3 is 12.0 Å². The molecule has 0 saturated heterocycles. The molecule has 2 amide bonds. The lowest BCUT2D eigenvalue weighted by molar-refractivity contribution is -0.139. The molecule has 0 radical (unpaired) electrons. The molecule has 0 saturated carbocycles. The van der Waals surface area contributed by atoms with E-state index in [1.165, 1.54) is 4.90 Å². The summed E-state index contributed by atoms with van der Waals surface area (Å²) in [5.41, 5.74) is 0. The SMILES string of the molecule is CCCCC(NC(=O)N(C)CCCCCO)C(=O)O. The van der Waals surface area contributed by atoms with Gasteiger partial charge in [-0.05, 0) is 25.7 Å². The van der Waals surface area contributed by atoms with Crippen molar-refractivity contribution in [2.45, 2.75) is 51.5 Å². The number of carbonyl (C=O) groups excluding carboxylic acids is 1. The number of carbonyl (C=O) groups is 2. The Labute approximate surface area is 114 Å². The number of nitrogens with zero attached hydrogens (tertiary/aromatic N) is 1. The Morgan fingerprint density at radius 3 is 2.42 bits per heavy atom. The van der Waals surface area contributed by atoms with Crippen LogP contribution in [0.3, 0.4) is 0 Å². The van der Waals surface area contributed by atoms with Gasteiger partial charge in [0.15, 0.2) is 0 Å². The summed E-state index contributed by atoms with van der Waals surface area (Å²) in [4.78, 5) is 24.3. The Kier molecular flexibility index (Phi) is 9.88. The van der Waals surface area contributed by atoms with Crippen molar-refractivity contribution in [3.05, 3.63) is 0 Å². The van der Waals surface area contributed by atoms with E-state index in [1.54, 1.807) is 7.05 Å². The summed E-state index contributed by atoms with van der Waals surface area (Å²) in [5, 5.41) is 20.2. The smallest absolute Gasteiger partial charge is 0.326 e. The lowest BCUT2D eigenvalue weighted by Gasteiger charge is -2.21. The van der Waals surface area contributed by atoms with Gasteiger partial charge in [-0.15, -0.1) is 0 Å². The number of unbranched alkanes of at least 4 members (excludes halogenated alkanes) is 3. The number of aliphatic hydroxyl groups is 1. The normalized spacial score (nSPS) is 11.9. The largest absolute Gasteiger partial charge is 0.480 e. The van der Waals surface area contributed by atoms with Gasteiger partial charge in [0.2, 0.25) is 0 Å². The molecule has 0 bridgehead atoms. The van der Waals surface area contributed by atoms with Crippen molar-refractivity contribution in [3.8, 4) is 0 Å². The summed E-state index contributed by atoms with van der Waals surface area (Å²) >= 11 is 0. The van der Waals surface area contributed by atoms with Gasteiger partial charge in [-0.25, -0.2) is 9.59 Å². The van der Waals surface area contributed by atoms with Crippen molar-refractivity contribution in [3.63, 3.8) is 0 Å². The van der Waals surface area contributed by atoms with Crippen molar-refractivity contribution < 1.29 is 19.8 Å². The molecule has 0 aromatic rings. The molecule has 0 spiro atoms. The van der Waals surface area contributed by atoms with E-state index < -0.39 is 12.0 Å². The molecule has 6 nitrogen and oxygen atoms in total. The van der Waals surface area contributed by atoms with E-state index in [-0.39, 0.29) is 12.6 Å². The van der Waals surface area contributed by atoms with Gasteiger partial charge in [0.25, 0.3) is 0 Å². The summed E-state index contributed by atoms with van der Waals surface area (Å²) < 4.78 is 0. The van der Waals surface area contributed by atoms with Gasteiger partial charge in [0.1, 0.15) is 6.04 Å². The second kappa shape index (κ2) is 10.6. The zero-order valence-electron chi connectivity index (χ0n) is 11.9. The number of hydrogen-bond acceptors (Lipinski definition) is 3. The predicted octanol–water partition coefficient (Wildman–Crippen LogP) is 1.43. The minimum atomic E-state index is -0.990. The molecule has 0 aromatic heterocycles. The van der Waals surface area contributed by atoms with Crippen LogP contribution in [0.2, 0.25) is 0 Å². The van der Waals surface area contributed by atoms with E-state index in [0.29, 0.717) is 13.0 Å². The molecule has 0 aliphatic carbocycles. The highest BCUT2D eigenvalue weighted by Crippen LogP contribution is 2.03. The van der Waals surface area contributed by atoms with Gasteiger partial charge < -0.3 is 20.4 Å². The highest BCUT2D eigenvalue weighted by atomic mass is 16.4. The van der Waals surface area contributed by atoms with E-state index in [4.69, 9.17) is 10.2 Å². The molecule has 112 valence electrons. The van der Waals surface area contributed by atoms with Crippen LogP contribution in [0.5, 0.6) is 0 Å². The fraction of sp³-hybridized carbons (Fsp3) is 0.846. The van der Waals surface area contributed by atoms with Crippen LogP contribution < -0.4 is 5.32 Å². The van der Waals surface area contributed by atoms with Crippen LogP contribution in [-0.4, -0.2) is 53.4 Å². The number of hydrogen-bond donors (Lipinski definition) is 3. The van der Waals surface area contributed by atoms with E-state index >= 15 is 0 Å². The molecule has 6 heteroatoms. The van der Waals surface area contributed by atoms with Gasteiger partial charge in [-0.3, -0.25) is 0 Å². The first kappa shape index (κ1) is 17.7. The minimum Gasteiger partial charge on any atom is -0.480 e. The first-order valence-electron chi connectivity index (χ1n) is 6.88. The Bertz CT molecular complexity index is 271. The maximum atomic E-state index is 11.8. The van der Waals surface area contributed by atoms with Crippen LogP contribution >= 0.6 is 0 Å². The van der Waals surface area contributed by atoms with Gasteiger partial charge in [-0.1, -0.05) is 19.8 Å². The van der Waals surface area contributed by atoms with E-state index in [9.17, 15) is 9.59 Å². The third-order valence-corrected chi connectivity index (χ3v) is 2.94. The highest BCUT2D eigenvalue weighted by molar-refractivity contribution is 5.82. The monoisotopic (exact) mass is 274 g/mol. The van der Waals surface area contributed by atoms with E-state index in [1.807, 2.05) is 6.92 Å². The van der Waals surface area contributed by atoms with Crippen LogP contribution in [-0.2, 0) is 4.79 Å². The maximum Gasteiger partial charge on any atom is 0.326 e. The maximum absolute atomic E-state index is 11.8. The summed E-state index contributed by atoms with van der Waals surface area (Å²) in [5.74, 6) is -0.990. The molecule has 0 rings (SSSR count). The third-order valence-electron chi connectivity index (χ3n) is 2.94. The second-order valence-corrected chi connectivity index (χ2v) is 4.69. The molecule has 19 heavy (non-hydrogen) atoms. The Morgan fingerprint density at radius 2 is 1.89 bits per heavy atom. The molecule has 0 aromatic carbocycles. The zero-order valence-corrected chi connectivity index (χ0v) is 11.9. The fourth-order valence-electron chi connectivity index (χ4n) is 1.66. The Balaban J connectivity index is 4.05. The van der Waals surface area contributed by atoms with Crippen molar-refractivity contribution in [1.29, 1.82) is 0 Å². The predicted molar refractivity (Wildman–Crippen MR) is 73.0 cm³/mol. The van der Waals surface area contributed by atoms with Crippen LogP contribution in [0.1, 0.15) is 45.4 Å². The molecule has 0 fully saturated rings. The molecule has 3 N–H and O–H groups in total. The fourth-order valence-corrected chi connectivity index (χ4v) is 1.66. The standard InChI is InChI=1S/C13H26N2O4/c1-3-4-8-11(12(17)18)14-13(19)15(2)9-6-5-7-10-16/h11,16H,3-10H2,1-2H3,(H,14,19)(H,17,18). The average Bonchev–Trinajstić information content (AvgIpc) is 2.38. The highest BCUT2D eigenvalue weighted by Gasteiger charge is 2.20. The van der Waals surface area contributed by atoms with E-state index in [2.05, 4.69) is 5.32 Å². The summed E-state index contributed by atoms with van der Waals surface area (Å²) in [6.45, 7) is 2.70. The molecule has 0 heterocycles. The van der Waals surface area contributed by atoms with Crippen molar-refractivity contribution >= 4 is 12.0 Å². The van der Waals surface area contributed by atoms with Gasteiger partial charge in [0.05, 0.1) is 0 Å². The van der Waals surface area contributed by atoms with Gasteiger partial charge in [0, 0.05) is 20.2 Å². The Hall–Kier alpha value is -1.30. The number of carboxylic acids is 1. The molecular formula is C13H26N2O4. The quantitative estimate of drug-likeness (QED) is 0.526. The van der Waals surface area contributed by atoms with Crippen molar-refractivity contribution in [2.24, 2.45) is 0 Å². The zero-order chi connectivity index (χ0) is 14.7. The molecule has 1 atom stereocenters. The number of carboxylic acid groups (broad SMARTS) is 1. The number of amides is 2. The number of nitrogens with one attached hydrogen (secondary N) is 1. The lowest BCUT2D eigenvalue weighted by atomic mass is 10.1. The van der Waals surface area contributed by atoms with Gasteiger partial charge in [-0.2, -0.15) is 0 Å². The topological polar surface area (TPSA) is 89.9 Å². The Morgan fingerprint density at radius 1 is 1.21 bits per heavy atom. The third kappa shape index (κ3) is 8.42. The minimum absolute atomic E-state index is 0.161.